The van der Waals surface area contributed by atoms with Gasteiger partial charge >= 0.3 is 0 Å². The number of amides is 2. The summed E-state index contributed by atoms with van der Waals surface area (Å²) in [7, 11) is 3.26. The summed E-state index contributed by atoms with van der Waals surface area (Å²) in [5.74, 6) is -0.527. The number of hydrogen-bond donors (Lipinski definition) is 1. The Balaban J connectivity index is 2.37. The monoisotopic (exact) mass is 249 g/mol. The molecule has 0 unspecified atom stereocenters. The van der Waals surface area contributed by atoms with Crippen LogP contribution in [0.4, 0.5) is 0 Å². The van der Waals surface area contributed by atoms with Crippen LogP contribution in [0, 0.1) is 0 Å². The van der Waals surface area contributed by atoms with E-state index in [-0.39, 0.29) is 23.3 Å². The van der Waals surface area contributed by atoms with Crippen molar-refractivity contribution in [3.8, 4) is 5.75 Å². The van der Waals surface area contributed by atoms with E-state index in [1.54, 1.807) is 14.1 Å². The minimum Gasteiger partial charge on any atom is -0.488 e. The lowest BCUT2D eigenvalue weighted by molar-refractivity contribution is 0.0815. The first-order chi connectivity index (χ1) is 8.49. The molecule has 0 saturated heterocycles. The Morgan fingerprint density at radius 3 is 2.61 bits per heavy atom. The van der Waals surface area contributed by atoms with Crippen molar-refractivity contribution < 1.29 is 14.3 Å². The molecule has 0 aromatic carbocycles. The Morgan fingerprint density at radius 1 is 1.44 bits per heavy atom. The summed E-state index contributed by atoms with van der Waals surface area (Å²) in [5, 5.41) is 0. The smallest absolute Gasteiger partial charge is 0.275 e. The summed E-state index contributed by atoms with van der Waals surface area (Å²) >= 11 is 0. The van der Waals surface area contributed by atoms with Gasteiger partial charge in [-0.15, -0.1) is 0 Å². The molecule has 0 spiro atoms. The zero-order valence-corrected chi connectivity index (χ0v) is 10.3. The second-order valence-electron chi connectivity index (χ2n) is 4.45. The number of hydrogen-bond acceptors (Lipinski definition) is 4. The first-order valence-corrected chi connectivity index (χ1v) is 5.67. The third kappa shape index (κ3) is 2.58. The molecule has 6 heteroatoms. The van der Waals surface area contributed by atoms with E-state index in [4.69, 9.17) is 10.5 Å². The van der Waals surface area contributed by atoms with E-state index in [9.17, 15) is 9.59 Å². The third-order valence-electron chi connectivity index (χ3n) is 2.56. The van der Waals surface area contributed by atoms with Gasteiger partial charge in [0.1, 0.15) is 0 Å². The Morgan fingerprint density at radius 2 is 2.11 bits per heavy atom. The minimum atomic E-state index is -0.591. The number of nitrogens with zero attached hydrogens (tertiary/aromatic N) is 2. The SMILES string of the molecule is CN(C)C(=O)c1ncc(C(N)=O)cc1OC1CC1. The predicted octanol–water partition coefficient (Wildman–Crippen LogP) is 0.423. The molecule has 1 fully saturated rings. The second kappa shape index (κ2) is 4.64. The Hall–Kier alpha value is -2.11. The van der Waals surface area contributed by atoms with E-state index in [0.29, 0.717) is 5.75 Å². The largest absolute Gasteiger partial charge is 0.488 e. The van der Waals surface area contributed by atoms with E-state index in [2.05, 4.69) is 4.98 Å². The second-order valence-corrected chi connectivity index (χ2v) is 4.45. The van der Waals surface area contributed by atoms with E-state index < -0.39 is 5.91 Å². The van der Waals surface area contributed by atoms with Gasteiger partial charge in [0.25, 0.3) is 5.91 Å². The molecule has 1 aromatic rings. The number of rotatable bonds is 4. The summed E-state index contributed by atoms with van der Waals surface area (Å²) in [6, 6.07) is 1.48. The molecule has 1 aliphatic rings. The molecule has 1 heterocycles. The van der Waals surface area contributed by atoms with Crippen LogP contribution in [-0.2, 0) is 0 Å². The van der Waals surface area contributed by atoms with Crippen LogP contribution in [0.3, 0.4) is 0 Å². The molecule has 0 atom stereocenters. The molecular formula is C12H15N3O3. The minimum absolute atomic E-state index is 0.114. The van der Waals surface area contributed by atoms with Gasteiger partial charge < -0.3 is 15.4 Å². The Labute approximate surface area is 105 Å². The van der Waals surface area contributed by atoms with Crippen molar-refractivity contribution in [2.24, 2.45) is 5.73 Å². The van der Waals surface area contributed by atoms with Gasteiger partial charge in [-0.05, 0) is 18.9 Å². The van der Waals surface area contributed by atoms with Crippen molar-refractivity contribution in [3.05, 3.63) is 23.5 Å². The van der Waals surface area contributed by atoms with Crippen molar-refractivity contribution >= 4 is 11.8 Å². The Bertz CT molecular complexity index is 495. The topological polar surface area (TPSA) is 85.5 Å². The van der Waals surface area contributed by atoms with Gasteiger partial charge in [0.05, 0.1) is 11.7 Å². The summed E-state index contributed by atoms with van der Waals surface area (Å²) in [4.78, 5) is 28.4. The van der Waals surface area contributed by atoms with Crippen LogP contribution >= 0.6 is 0 Å². The number of primary amides is 1. The normalized spacial score (nSPS) is 14.1. The fraction of sp³-hybridized carbons (Fsp3) is 0.417. The lowest BCUT2D eigenvalue weighted by atomic mass is 10.2. The van der Waals surface area contributed by atoms with Gasteiger partial charge in [0.2, 0.25) is 5.91 Å². The zero-order chi connectivity index (χ0) is 13.3. The van der Waals surface area contributed by atoms with Gasteiger partial charge in [0.15, 0.2) is 11.4 Å². The zero-order valence-electron chi connectivity index (χ0n) is 10.3. The first-order valence-electron chi connectivity index (χ1n) is 5.67. The quantitative estimate of drug-likeness (QED) is 0.838. The van der Waals surface area contributed by atoms with Gasteiger partial charge in [-0.2, -0.15) is 0 Å². The summed E-state index contributed by atoms with van der Waals surface area (Å²) in [6.07, 6.45) is 3.31. The number of aromatic nitrogens is 1. The molecule has 0 bridgehead atoms. The van der Waals surface area contributed by atoms with Crippen molar-refractivity contribution in [1.29, 1.82) is 0 Å². The fourth-order valence-electron chi connectivity index (χ4n) is 1.41. The van der Waals surface area contributed by atoms with Crippen LogP contribution < -0.4 is 10.5 Å². The van der Waals surface area contributed by atoms with Crippen LogP contribution in [0.5, 0.6) is 5.75 Å². The van der Waals surface area contributed by atoms with Crippen LogP contribution in [0.1, 0.15) is 33.7 Å². The van der Waals surface area contributed by atoms with E-state index in [1.807, 2.05) is 0 Å². The van der Waals surface area contributed by atoms with Gasteiger partial charge in [-0.25, -0.2) is 4.98 Å². The maximum Gasteiger partial charge on any atom is 0.275 e. The van der Waals surface area contributed by atoms with Crippen molar-refractivity contribution in [3.63, 3.8) is 0 Å². The summed E-state index contributed by atoms with van der Waals surface area (Å²) in [6.45, 7) is 0. The molecule has 1 aromatic heterocycles. The molecule has 0 radical (unpaired) electrons. The lowest BCUT2D eigenvalue weighted by Crippen LogP contribution is -2.24. The third-order valence-corrected chi connectivity index (χ3v) is 2.56. The molecule has 6 nitrogen and oxygen atoms in total. The highest BCUT2D eigenvalue weighted by Gasteiger charge is 2.27. The number of ether oxygens (including phenoxy) is 1. The van der Waals surface area contributed by atoms with E-state index in [0.717, 1.165) is 12.8 Å². The maximum absolute atomic E-state index is 11.9. The molecule has 2 rings (SSSR count). The average Bonchev–Trinajstić information content (AvgIpc) is 3.11. The molecule has 2 amide bonds. The van der Waals surface area contributed by atoms with E-state index >= 15 is 0 Å². The molecule has 1 aliphatic carbocycles. The number of nitrogens with two attached hydrogens (primary N) is 1. The van der Waals surface area contributed by atoms with Crippen molar-refractivity contribution in [2.75, 3.05) is 14.1 Å². The number of carbonyl (C=O) groups is 2. The first kappa shape index (κ1) is 12.3. The highest BCUT2D eigenvalue weighted by Crippen LogP contribution is 2.29. The fourth-order valence-corrected chi connectivity index (χ4v) is 1.41. The van der Waals surface area contributed by atoms with Crippen LogP contribution in [-0.4, -0.2) is 41.9 Å². The van der Waals surface area contributed by atoms with Crippen LogP contribution in [0.2, 0.25) is 0 Å². The highest BCUT2D eigenvalue weighted by atomic mass is 16.5. The lowest BCUT2D eigenvalue weighted by Gasteiger charge is -2.14. The number of pyridine rings is 1. The number of carbonyl (C=O) groups excluding carboxylic acids is 2. The molecule has 2 N–H and O–H groups in total. The molecule has 18 heavy (non-hydrogen) atoms. The molecule has 1 saturated carbocycles. The molecule has 0 aliphatic heterocycles. The maximum atomic E-state index is 11.9. The van der Waals surface area contributed by atoms with Gasteiger partial charge in [-0.3, -0.25) is 9.59 Å². The summed E-state index contributed by atoms with van der Waals surface area (Å²) in [5.41, 5.74) is 5.63. The van der Waals surface area contributed by atoms with Crippen molar-refractivity contribution in [1.82, 2.24) is 9.88 Å². The highest BCUT2D eigenvalue weighted by molar-refractivity contribution is 5.97. The summed E-state index contributed by atoms with van der Waals surface area (Å²) < 4.78 is 5.60. The average molecular weight is 249 g/mol. The molecule has 96 valence electrons. The van der Waals surface area contributed by atoms with E-state index in [1.165, 1.54) is 17.2 Å². The van der Waals surface area contributed by atoms with Gasteiger partial charge in [0, 0.05) is 20.3 Å². The standard InChI is InChI=1S/C12H15N3O3/c1-15(2)12(17)10-9(18-8-3-4-8)5-7(6-14-10)11(13)16/h5-6,8H,3-4H2,1-2H3,(H2,13,16). The molecular weight excluding hydrogens is 234 g/mol. The van der Waals surface area contributed by atoms with Gasteiger partial charge in [-0.1, -0.05) is 0 Å². The van der Waals surface area contributed by atoms with Crippen LogP contribution in [0.25, 0.3) is 0 Å². The van der Waals surface area contributed by atoms with Crippen molar-refractivity contribution in [2.45, 2.75) is 18.9 Å². The van der Waals surface area contributed by atoms with Crippen LogP contribution in [0.15, 0.2) is 12.3 Å². The Kier molecular flexibility index (Phi) is 3.18. The predicted molar refractivity (Wildman–Crippen MR) is 64.4 cm³/mol.